The van der Waals surface area contributed by atoms with Crippen molar-refractivity contribution in [1.82, 2.24) is 4.90 Å². The zero-order chi connectivity index (χ0) is 14.1. The molecule has 0 aliphatic rings. The number of nitrogens with zero attached hydrogens (tertiary/aromatic N) is 1. The average Bonchev–Trinajstić information content (AvgIpc) is 2.42. The number of rotatable bonds is 6. The Morgan fingerprint density at radius 1 is 1.16 bits per heavy atom. The van der Waals surface area contributed by atoms with Crippen LogP contribution >= 0.6 is 0 Å². The normalized spacial score (nSPS) is 10.6. The van der Waals surface area contributed by atoms with E-state index in [-0.39, 0.29) is 6.61 Å². The van der Waals surface area contributed by atoms with Gasteiger partial charge in [0.1, 0.15) is 0 Å². The predicted octanol–water partition coefficient (Wildman–Crippen LogP) is 3.04. The van der Waals surface area contributed by atoms with Crippen molar-refractivity contribution in [3.05, 3.63) is 35.4 Å². The molecule has 1 aromatic carbocycles. The molecule has 0 aromatic heterocycles. The Labute approximate surface area is 117 Å². The Morgan fingerprint density at radius 3 is 2.32 bits per heavy atom. The lowest BCUT2D eigenvalue weighted by molar-refractivity contribution is 0.222. The van der Waals surface area contributed by atoms with E-state index in [4.69, 9.17) is 5.11 Å². The molecule has 1 N–H and O–H groups in total. The molecule has 0 fully saturated rings. The first-order valence-electron chi connectivity index (χ1n) is 7.10. The van der Waals surface area contributed by atoms with Gasteiger partial charge in [0.15, 0.2) is 0 Å². The molecule has 2 nitrogen and oxygen atoms in total. The highest BCUT2D eigenvalue weighted by molar-refractivity contribution is 5.36. The van der Waals surface area contributed by atoms with E-state index in [9.17, 15) is 0 Å². The van der Waals surface area contributed by atoms with E-state index in [1.54, 1.807) is 0 Å². The van der Waals surface area contributed by atoms with Crippen LogP contribution in [-0.4, -0.2) is 29.7 Å². The fraction of sp³-hybridized carbons (Fsp3) is 0.529. The van der Waals surface area contributed by atoms with Crippen LogP contribution in [0.1, 0.15) is 44.2 Å². The summed E-state index contributed by atoms with van der Waals surface area (Å²) in [6.45, 7) is 5.59. The number of hydrogen-bond acceptors (Lipinski definition) is 2. The Kier molecular flexibility index (Phi) is 7.25. The van der Waals surface area contributed by atoms with E-state index in [2.05, 4.69) is 61.9 Å². The number of hydrogen-bond donors (Lipinski definition) is 1. The third-order valence-electron chi connectivity index (χ3n) is 3.42. The predicted molar refractivity (Wildman–Crippen MR) is 80.9 cm³/mol. The molecule has 0 amide bonds. The van der Waals surface area contributed by atoms with Crippen LogP contribution in [0.5, 0.6) is 0 Å². The first kappa shape index (κ1) is 15.8. The van der Waals surface area contributed by atoms with Gasteiger partial charge in [-0.3, -0.25) is 4.90 Å². The molecule has 0 saturated carbocycles. The molecule has 19 heavy (non-hydrogen) atoms. The maximum atomic E-state index is 8.68. The summed E-state index contributed by atoms with van der Waals surface area (Å²) in [6, 6.07) is 9.05. The molecule has 0 bridgehead atoms. The summed E-state index contributed by atoms with van der Waals surface area (Å²) in [5.41, 5.74) is 2.34. The van der Waals surface area contributed by atoms with E-state index < -0.39 is 0 Å². The van der Waals surface area contributed by atoms with Gasteiger partial charge in [0.25, 0.3) is 0 Å². The molecule has 104 valence electrons. The van der Waals surface area contributed by atoms with Gasteiger partial charge in [-0.05, 0) is 37.6 Å². The summed E-state index contributed by atoms with van der Waals surface area (Å²) in [6.07, 6.45) is 2.93. The van der Waals surface area contributed by atoms with E-state index in [1.807, 2.05) is 0 Å². The van der Waals surface area contributed by atoms with E-state index >= 15 is 0 Å². The number of benzene rings is 1. The van der Waals surface area contributed by atoms with Crippen LogP contribution in [0.2, 0.25) is 0 Å². The van der Waals surface area contributed by atoms with Crippen LogP contribution < -0.4 is 0 Å². The maximum Gasteiger partial charge on any atom is 0.0540 e. The lowest BCUT2D eigenvalue weighted by Gasteiger charge is -2.26. The maximum absolute atomic E-state index is 8.68. The lowest BCUT2D eigenvalue weighted by Crippen LogP contribution is -2.29. The highest BCUT2D eigenvalue weighted by atomic mass is 16.2. The number of aliphatic hydroxyl groups is 1. The standard InChI is InChI=1S/C17H25NO/c1-4-17(5-2)18(3)14-16-11-9-15(10-12-16)8-6-7-13-19/h9-12,17,19H,4-5,7,13-14H2,1-3H3. The largest absolute Gasteiger partial charge is 0.395 e. The van der Waals surface area contributed by atoms with Crippen LogP contribution in [0.3, 0.4) is 0 Å². The summed E-state index contributed by atoms with van der Waals surface area (Å²) in [5.74, 6) is 5.99. The molecule has 0 aliphatic heterocycles. The zero-order valence-electron chi connectivity index (χ0n) is 12.3. The van der Waals surface area contributed by atoms with Crippen molar-refractivity contribution in [2.45, 2.75) is 45.7 Å². The van der Waals surface area contributed by atoms with Crippen molar-refractivity contribution >= 4 is 0 Å². The Balaban J connectivity index is 2.60. The van der Waals surface area contributed by atoms with Gasteiger partial charge in [0, 0.05) is 24.6 Å². The topological polar surface area (TPSA) is 23.5 Å². The molecule has 0 spiro atoms. The molecule has 1 rings (SSSR count). The Morgan fingerprint density at radius 2 is 1.79 bits per heavy atom. The van der Waals surface area contributed by atoms with Crippen molar-refractivity contribution in [1.29, 1.82) is 0 Å². The third-order valence-corrected chi connectivity index (χ3v) is 3.42. The summed E-state index contributed by atoms with van der Waals surface area (Å²) in [5, 5.41) is 8.68. The minimum Gasteiger partial charge on any atom is -0.395 e. The van der Waals surface area contributed by atoms with Crippen molar-refractivity contribution in [3.63, 3.8) is 0 Å². The van der Waals surface area contributed by atoms with Crippen molar-refractivity contribution < 1.29 is 5.11 Å². The SMILES string of the molecule is CCC(CC)N(C)Cc1ccc(C#CCCO)cc1. The monoisotopic (exact) mass is 259 g/mol. The second-order valence-corrected chi connectivity index (χ2v) is 4.86. The van der Waals surface area contributed by atoms with Gasteiger partial charge in [-0.15, -0.1) is 0 Å². The second kappa shape index (κ2) is 8.74. The first-order valence-corrected chi connectivity index (χ1v) is 7.10. The van der Waals surface area contributed by atoms with Gasteiger partial charge in [0.05, 0.1) is 6.61 Å². The fourth-order valence-corrected chi connectivity index (χ4v) is 2.24. The summed E-state index contributed by atoms with van der Waals surface area (Å²) >= 11 is 0. The Bertz CT molecular complexity index is 409. The fourth-order valence-electron chi connectivity index (χ4n) is 2.24. The highest BCUT2D eigenvalue weighted by Crippen LogP contribution is 2.12. The molecule has 0 atom stereocenters. The molecule has 0 saturated heterocycles. The molecular weight excluding hydrogens is 234 g/mol. The second-order valence-electron chi connectivity index (χ2n) is 4.86. The van der Waals surface area contributed by atoms with E-state index in [0.717, 1.165) is 12.1 Å². The molecular formula is C17H25NO. The summed E-state index contributed by atoms with van der Waals surface area (Å²) in [4.78, 5) is 2.41. The van der Waals surface area contributed by atoms with Gasteiger partial charge in [-0.1, -0.05) is 37.8 Å². The van der Waals surface area contributed by atoms with E-state index in [0.29, 0.717) is 12.5 Å². The van der Waals surface area contributed by atoms with E-state index in [1.165, 1.54) is 18.4 Å². The van der Waals surface area contributed by atoms with Crippen molar-refractivity contribution in [3.8, 4) is 11.8 Å². The number of aliphatic hydroxyl groups excluding tert-OH is 1. The lowest BCUT2D eigenvalue weighted by atomic mass is 10.1. The summed E-state index contributed by atoms with van der Waals surface area (Å²) < 4.78 is 0. The van der Waals surface area contributed by atoms with Gasteiger partial charge < -0.3 is 5.11 Å². The van der Waals surface area contributed by atoms with Crippen LogP contribution in [0.15, 0.2) is 24.3 Å². The third kappa shape index (κ3) is 5.46. The molecule has 0 radical (unpaired) electrons. The van der Waals surface area contributed by atoms with Gasteiger partial charge >= 0.3 is 0 Å². The van der Waals surface area contributed by atoms with Crippen LogP contribution in [0, 0.1) is 11.8 Å². The Hall–Kier alpha value is -1.30. The smallest absolute Gasteiger partial charge is 0.0540 e. The minimum atomic E-state index is 0.130. The molecule has 2 heteroatoms. The van der Waals surface area contributed by atoms with Crippen LogP contribution in [0.4, 0.5) is 0 Å². The van der Waals surface area contributed by atoms with Gasteiger partial charge in [-0.2, -0.15) is 0 Å². The van der Waals surface area contributed by atoms with Gasteiger partial charge in [-0.25, -0.2) is 0 Å². The van der Waals surface area contributed by atoms with Crippen LogP contribution in [-0.2, 0) is 6.54 Å². The summed E-state index contributed by atoms with van der Waals surface area (Å²) in [7, 11) is 2.19. The molecule has 0 heterocycles. The van der Waals surface area contributed by atoms with Crippen molar-refractivity contribution in [2.24, 2.45) is 0 Å². The van der Waals surface area contributed by atoms with Crippen molar-refractivity contribution in [2.75, 3.05) is 13.7 Å². The van der Waals surface area contributed by atoms with Crippen LogP contribution in [0.25, 0.3) is 0 Å². The average molecular weight is 259 g/mol. The highest BCUT2D eigenvalue weighted by Gasteiger charge is 2.10. The first-order chi connectivity index (χ1) is 9.21. The minimum absolute atomic E-state index is 0.130. The quantitative estimate of drug-likeness (QED) is 0.794. The van der Waals surface area contributed by atoms with Gasteiger partial charge in [0.2, 0.25) is 0 Å². The zero-order valence-corrected chi connectivity index (χ0v) is 12.3. The molecule has 0 unspecified atom stereocenters. The molecule has 0 aliphatic carbocycles. The molecule has 1 aromatic rings.